The Hall–Kier alpha value is -1.40. The van der Waals surface area contributed by atoms with Gasteiger partial charge in [-0.15, -0.1) is 5.10 Å². The average Bonchev–Trinajstić information content (AvgIpc) is 2.65. The second-order valence-corrected chi connectivity index (χ2v) is 4.61. The third kappa shape index (κ3) is 2.83. The lowest BCUT2D eigenvalue weighted by molar-refractivity contribution is -0.136. The van der Waals surface area contributed by atoms with Crippen molar-refractivity contribution in [2.45, 2.75) is 6.42 Å². The van der Waals surface area contributed by atoms with Crippen LogP contribution in [0.5, 0.6) is 0 Å². The molecule has 1 aromatic carbocycles. The number of carboxylic acids is 1. The summed E-state index contributed by atoms with van der Waals surface area (Å²) in [6.45, 7) is 0. The fourth-order valence-corrected chi connectivity index (χ4v) is 2.18. The minimum Gasteiger partial charge on any atom is -0.481 e. The van der Waals surface area contributed by atoms with Crippen LogP contribution in [0.25, 0.3) is 5.69 Å². The maximum absolute atomic E-state index is 10.5. The molecule has 0 radical (unpaired) electrons. The minimum absolute atomic E-state index is 0.148. The summed E-state index contributed by atoms with van der Waals surface area (Å²) in [6.07, 6.45) is 1.42. The molecule has 0 saturated heterocycles. The molecule has 5 nitrogen and oxygen atoms in total. The maximum atomic E-state index is 10.5. The van der Waals surface area contributed by atoms with Gasteiger partial charge in [-0.2, -0.15) is 0 Å². The molecular weight excluding hydrogens is 309 g/mol. The average molecular weight is 317 g/mol. The Morgan fingerprint density at radius 1 is 1.53 bits per heavy atom. The quantitative estimate of drug-likeness (QED) is 0.943. The van der Waals surface area contributed by atoms with Crippen LogP contribution in [0.1, 0.15) is 5.69 Å². The predicted molar refractivity (Wildman–Crippen MR) is 65.4 cm³/mol. The molecular formula is C10H7BrClN3O2. The number of aliphatic carboxylic acids is 1. The predicted octanol–water partition coefficient (Wildman–Crippen LogP) is 2.31. The van der Waals surface area contributed by atoms with Crippen molar-refractivity contribution in [1.82, 2.24) is 15.0 Å². The van der Waals surface area contributed by atoms with Gasteiger partial charge in [0.05, 0.1) is 24.0 Å². The molecule has 1 N–H and O–H groups in total. The van der Waals surface area contributed by atoms with Crippen LogP contribution in [0.2, 0.25) is 5.02 Å². The molecule has 0 aliphatic heterocycles. The first-order valence-electron chi connectivity index (χ1n) is 4.64. The van der Waals surface area contributed by atoms with Crippen molar-refractivity contribution >= 4 is 33.5 Å². The van der Waals surface area contributed by atoms with E-state index >= 15 is 0 Å². The summed E-state index contributed by atoms with van der Waals surface area (Å²) in [4.78, 5) is 10.5. The van der Waals surface area contributed by atoms with Gasteiger partial charge >= 0.3 is 5.97 Å². The van der Waals surface area contributed by atoms with E-state index in [2.05, 4.69) is 26.2 Å². The Labute approximate surface area is 110 Å². The van der Waals surface area contributed by atoms with E-state index in [1.54, 1.807) is 24.4 Å². The van der Waals surface area contributed by atoms with E-state index in [-0.39, 0.29) is 6.42 Å². The Morgan fingerprint density at radius 3 is 2.94 bits per heavy atom. The van der Waals surface area contributed by atoms with Crippen LogP contribution in [0, 0.1) is 0 Å². The van der Waals surface area contributed by atoms with E-state index in [1.807, 2.05) is 0 Å². The van der Waals surface area contributed by atoms with Gasteiger partial charge < -0.3 is 5.11 Å². The van der Waals surface area contributed by atoms with E-state index in [9.17, 15) is 4.79 Å². The van der Waals surface area contributed by atoms with Crippen LogP contribution in [0.15, 0.2) is 28.9 Å². The van der Waals surface area contributed by atoms with Crippen molar-refractivity contribution in [3.05, 3.63) is 39.6 Å². The normalized spacial score (nSPS) is 10.5. The molecule has 17 heavy (non-hydrogen) atoms. The van der Waals surface area contributed by atoms with Crippen molar-refractivity contribution in [2.75, 3.05) is 0 Å². The Kier molecular flexibility index (Phi) is 3.44. The lowest BCUT2D eigenvalue weighted by atomic mass is 10.3. The largest absolute Gasteiger partial charge is 0.481 e. The molecule has 0 aliphatic carbocycles. The molecule has 0 fully saturated rings. The third-order valence-electron chi connectivity index (χ3n) is 2.03. The molecule has 0 saturated carbocycles. The number of carboxylic acid groups (broad SMARTS) is 1. The monoisotopic (exact) mass is 315 g/mol. The topological polar surface area (TPSA) is 68.0 Å². The Morgan fingerprint density at radius 2 is 2.29 bits per heavy atom. The highest BCUT2D eigenvalue weighted by Gasteiger charge is 2.09. The molecule has 2 rings (SSSR count). The van der Waals surface area contributed by atoms with Gasteiger partial charge in [-0.3, -0.25) is 4.79 Å². The van der Waals surface area contributed by atoms with Crippen molar-refractivity contribution in [2.24, 2.45) is 0 Å². The molecule has 0 spiro atoms. The van der Waals surface area contributed by atoms with E-state index < -0.39 is 5.97 Å². The number of nitrogens with zero attached hydrogens (tertiary/aromatic N) is 3. The lowest BCUT2D eigenvalue weighted by Crippen LogP contribution is -2.00. The molecule has 1 aromatic heterocycles. The molecule has 0 bridgehead atoms. The molecule has 0 aliphatic rings. The fraction of sp³-hybridized carbons (Fsp3) is 0.100. The van der Waals surface area contributed by atoms with Crippen LogP contribution in [0.3, 0.4) is 0 Å². The zero-order chi connectivity index (χ0) is 12.4. The standard InChI is InChI=1S/C10H7BrClN3O2/c11-8-3-6(12)1-2-9(8)15-5-7(13-14-15)4-10(16)17/h1-3,5H,4H2,(H,16,17). The molecule has 2 aromatic rings. The summed E-state index contributed by atoms with van der Waals surface area (Å²) in [6, 6.07) is 5.22. The van der Waals surface area contributed by atoms with Gasteiger partial charge in [0.1, 0.15) is 0 Å². The van der Waals surface area contributed by atoms with Crippen LogP contribution in [-0.2, 0) is 11.2 Å². The van der Waals surface area contributed by atoms with Gasteiger partial charge in [0.25, 0.3) is 0 Å². The smallest absolute Gasteiger partial charge is 0.309 e. The second kappa shape index (κ2) is 4.85. The van der Waals surface area contributed by atoms with E-state index in [0.717, 1.165) is 10.2 Å². The first kappa shape index (κ1) is 12.1. The number of halogens is 2. The summed E-state index contributed by atoms with van der Waals surface area (Å²) in [5.41, 5.74) is 1.15. The van der Waals surface area contributed by atoms with Crippen LogP contribution in [-0.4, -0.2) is 26.1 Å². The van der Waals surface area contributed by atoms with Gasteiger partial charge in [0.2, 0.25) is 0 Å². The number of aromatic nitrogens is 3. The molecule has 88 valence electrons. The zero-order valence-corrected chi connectivity index (χ0v) is 10.8. The molecule has 0 unspecified atom stereocenters. The highest BCUT2D eigenvalue weighted by Crippen LogP contribution is 2.24. The van der Waals surface area contributed by atoms with Gasteiger partial charge in [-0.1, -0.05) is 16.8 Å². The lowest BCUT2D eigenvalue weighted by Gasteiger charge is -2.03. The number of hydrogen-bond acceptors (Lipinski definition) is 3. The highest BCUT2D eigenvalue weighted by atomic mass is 79.9. The number of rotatable bonds is 3. The summed E-state index contributed by atoms with van der Waals surface area (Å²) in [7, 11) is 0. The fourth-order valence-electron chi connectivity index (χ4n) is 1.32. The number of carbonyl (C=O) groups is 1. The summed E-state index contributed by atoms with van der Waals surface area (Å²) < 4.78 is 2.26. The van der Waals surface area contributed by atoms with Crippen molar-refractivity contribution in [1.29, 1.82) is 0 Å². The van der Waals surface area contributed by atoms with Crippen LogP contribution >= 0.6 is 27.5 Å². The maximum Gasteiger partial charge on any atom is 0.309 e. The van der Waals surface area contributed by atoms with Gasteiger partial charge in [-0.25, -0.2) is 4.68 Å². The van der Waals surface area contributed by atoms with Crippen molar-refractivity contribution in [3.8, 4) is 5.69 Å². The van der Waals surface area contributed by atoms with E-state index in [4.69, 9.17) is 16.7 Å². The Balaban J connectivity index is 2.33. The van der Waals surface area contributed by atoms with Crippen LogP contribution < -0.4 is 0 Å². The van der Waals surface area contributed by atoms with Crippen molar-refractivity contribution in [3.63, 3.8) is 0 Å². The summed E-state index contributed by atoms with van der Waals surface area (Å²) >= 11 is 9.18. The first-order valence-corrected chi connectivity index (χ1v) is 5.82. The summed E-state index contributed by atoms with van der Waals surface area (Å²) in [5, 5.41) is 16.9. The first-order chi connectivity index (χ1) is 8.06. The zero-order valence-electron chi connectivity index (χ0n) is 8.47. The second-order valence-electron chi connectivity index (χ2n) is 3.32. The molecule has 0 atom stereocenters. The highest BCUT2D eigenvalue weighted by molar-refractivity contribution is 9.10. The minimum atomic E-state index is -0.938. The molecule has 1 heterocycles. The van der Waals surface area contributed by atoms with Crippen molar-refractivity contribution < 1.29 is 9.90 Å². The summed E-state index contributed by atoms with van der Waals surface area (Å²) in [5.74, 6) is -0.938. The third-order valence-corrected chi connectivity index (χ3v) is 2.90. The SMILES string of the molecule is O=C(O)Cc1cn(-c2ccc(Cl)cc2Br)nn1. The molecule has 0 amide bonds. The van der Waals surface area contributed by atoms with E-state index in [0.29, 0.717) is 10.7 Å². The van der Waals surface area contributed by atoms with Gasteiger partial charge in [0, 0.05) is 9.50 Å². The van der Waals surface area contributed by atoms with Gasteiger partial charge in [-0.05, 0) is 34.1 Å². The Bertz CT molecular complexity index is 570. The van der Waals surface area contributed by atoms with E-state index in [1.165, 1.54) is 4.68 Å². The van der Waals surface area contributed by atoms with Crippen LogP contribution in [0.4, 0.5) is 0 Å². The number of benzene rings is 1. The molecule has 7 heteroatoms. The van der Waals surface area contributed by atoms with Gasteiger partial charge in [0.15, 0.2) is 0 Å². The number of hydrogen-bond donors (Lipinski definition) is 1.